The number of carbonyl (C=O) groups excluding carboxylic acids is 1. The number of aromatic nitrogens is 1. The standard InChI is InChI=1S/C18H21ClN2O3/c1-12-16(9-17(23)21-7-3-4-13(10-21)11-22)20-18(24-12)14-5-2-6-15(19)8-14/h2,5-6,8,13,22H,3-4,7,9-11H2,1H3. The Kier molecular flexibility index (Phi) is 5.21. The molecule has 0 aliphatic carbocycles. The molecule has 1 aliphatic rings. The number of likely N-dealkylation sites (tertiary alicyclic amines) is 1. The van der Waals surface area contributed by atoms with E-state index in [0.29, 0.717) is 28.9 Å². The Labute approximate surface area is 146 Å². The number of hydrogen-bond donors (Lipinski definition) is 1. The fraction of sp³-hybridized carbons (Fsp3) is 0.444. The first-order valence-corrected chi connectivity index (χ1v) is 8.55. The fourth-order valence-corrected chi connectivity index (χ4v) is 3.22. The topological polar surface area (TPSA) is 66.6 Å². The number of carbonyl (C=O) groups is 1. The quantitative estimate of drug-likeness (QED) is 0.922. The number of rotatable bonds is 4. The molecule has 1 N–H and O–H groups in total. The van der Waals surface area contributed by atoms with Gasteiger partial charge >= 0.3 is 0 Å². The van der Waals surface area contributed by atoms with Crippen molar-refractivity contribution in [3.05, 3.63) is 40.7 Å². The minimum Gasteiger partial charge on any atom is -0.441 e. The number of aliphatic hydroxyl groups excluding tert-OH is 1. The van der Waals surface area contributed by atoms with Crippen LogP contribution < -0.4 is 0 Å². The number of amides is 1. The molecule has 2 aromatic rings. The first-order valence-electron chi connectivity index (χ1n) is 8.17. The van der Waals surface area contributed by atoms with Gasteiger partial charge in [-0.25, -0.2) is 4.98 Å². The molecule has 1 amide bonds. The number of nitrogens with zero attached hydrogens (tertiary/aromatic N) is 2. The van der Waals surface area contributed by atoms with E-state index in [1.54, 1.807) is 12.1 Å². The van der Waals surface area contributed by atoms with Crippen molar-refractivity contribution in [2.75, 3.05) is 19.7 Å². The number of hydrogen-bond acceptors (Lipinski definition) is 4. The van der Waals surface area contributed by atoms with Crippen LogP contribution in [0.4, 0.5) is 0 Å². The molecule has 0 spiro atoms. The summed E-state index contributed by atoms with van der Waals surface area (Å²) in [6.07, 6.45) is 2.12. The molecule has 1 atom stereocenters. The van der Waals surface area contributed by atoms with Gasteiger partial charge in [0.05, 0.1) is 12.1 Å². The molecule has 1 saturated heterocycles. The normalized spacial score (nSPS) is 18.0. The van der Waals surface area contributed by atoms with Gasteiger partial charge < -0.3 is 14.4 Å². The fourth-order valence-electron chi connectivity index (χ4n) is 3.03. The molecule has 2 heterocycles. The van der Waals surface area contributed by atoms with E-state index in [0.717, 1.165) is 24.9 Å². The first-order chi connectivity index (χ1) is 11.6. The van der Waals surface area contributed by atoms with Gasteiger partial charge in [0.1, 0.15) is 5.76 Å². The van der Waals surface area contributed by atoms with Crippen molar-refractivity contribution < 1.29 is 14.3 Å². The predicted octanol–water partition coefficient (Wildman–Crippen LogP) is 3.08. The first kappa shape index (κ1) is 17.0. The van der Waals surface area contributed by atoms with Crippen LogP contribution in [-0.4, -0.2) is 40.6 Å². The van der Waals surface area contributed by atoms with E-state index >= 15 is 0 Å². The maximum Gasteiger partial charge on any atom is 0.228 e. The number of piperidine rings is 1. The van der Waals surface area contributed by atoms with Crippen molar-refractivity contribution in [2.24, 2.45) is 5.92 Å². The van der Waals surface area contributed by atoms with Crippen LogP contribution in [0, 0.1) is 12.8 Å². The molecule has 1 unspecified atom stereocenters. The van der Waals surface area contributed by atoms with Crippen LogP contribution in [0.2, 0.25) is 5.02 Å². The van der Waals surface area contributed by atoms with E-state index in [1.807, 2.05) is 24.0 Å². The number of benzene rings is 1. The second-order valence-electron chi connectivity index (χ2n) is 6.24. The summed E-state index contributed by atoms with van der Waals surface area (Å²) in [6, 6.07) is 7.29. The second kappa shape index (κ2) is 7.36. The number of oxazole rings is 1. The van der Waals surface area contributed by atoms with E-state index in [4.69, 9.17) is 16.0 Å². The lowest BCUT2D eigenvalue weighted by Crippen LogP contribution is -2.41. The lowest BCUT2D eigenvalue weighted by atomic mass is 9.98. The maximum atomic E-state index is 12.5. The zero-order valence-corrected chi connectivity index (χ0v) is 14.4. The Balaban J connectivity index is 1.72. The Morgan fingerprint density at radius 2 is 2.33 bits per heavy atom. The van der Waals surface area contributed by atoms with Crippen LogP contribution in [-0.2, 0) is 11.2 Å². The largest absolute Gasteiger partial charge is 0.441 e. The second-order valence-corrected chi connectivity index (χ2v) is 6.68. The van der Waals surface area contributed by atoms with Crippen LogP contribution in [0.25, 0.3) is 11.5 Å². The van der Waals surface area contributed by atoms with Crippen LogP contribution in [0.15, 0.2) is 28.7 Å². The van der Waals surface area contributed by atoms with Gasteiger partial charge in [-0.2, -0.15) is 0 Å². The van der Waals surface area contributed by atoms with Crippen molar-refractivity contribution in [2.45, 2.75) is 26.2 Å². The zero-order chi connectivity index (χ0) is 17.1. The number of halogens is 1. The summed E-state index contributed by atoms with van der Waals surface area (Å²) in [5, 5.41) is 9.92. The Bertz CT molecular complexity index is 729. The van der Waals surface area contributed by atoms with Crippen LogP contribution in [0.3, 0.4) is 0 Å². The van der Waals surface area contributed by atoms with Gasteiger partial charge in [-0.1, -0.05) is 17.7 Å². The van der Waals surface area contributed by atoms with Gasteiger partial charge in [0, 0.05) is 30.3 Å². The van der Waals surface area contributed by atoms with E-state index in [1.165, 1.54) is 0 Å². The van der Waals surface area contributed by atoms with Gasteiger partial charge in [-0.05, 0) is 43.9 Å². The molecule has 1 aromatic heterocycles. The third-order valence-electron chi connectivity index (χ3n) is 4.41. The molecule has 24 heavy (non-hydrogen) atoms. The van der Waals surface area contributed by atoms with Gasteiger partial charge in [0.25, 0.3) is 0 Å². The highest BCUT2D eigenvalue weighted by molar-refractivity contribution is 6.30. The Morgan fingerprint density at radius 3 is 3.08 bits per heavy atom. The van der Waals surface area contributed by atoms with E-state index in [2.05, 4.69) is 4.98 Å². The Hall–Kier alpha value is -1.85. The molecule has 6 heteroatoms. The molecule has 1 aliphatic heterocycles. The van der Waals surface area contributed by atoms with Gasteiger partial charge in [-0.15, -0.1) is 0 Å². The Morgan fingerprint density at radius 1 is 1.50 bits per heavy atom. The average Bonchev–Trinajstić information content (AvgIpc) is 2.95. The van der Waals surface area contributed by atoms with Crippen molar-refractivity contribution >= 4 is 17.5 Å². The SMILES string of the molecule is Cc1oc(-c2cccc(Cl)c2)nc1CC(=O)N1CCCC(CO)C1. The van der Waals surface area contributed by atoms with Crippen molar-refractivity contribution in [1.29, 1.82) is 0 Å². The van der Waals surface area contributed by atoms with Crippen molar-refractivity contribution in [3.63, 3.8) is 0 Å². The summed E-state index contributed by atoms with van der Waals surface area (Å²) in [7, 11) is 0. The highest BCUT2D eigenvalue weighted by atomic mass is 35.5. The van der Waals surface area contributed by atoms with Crippen LogP contribution in [0.1, 0.15) is 24.3 Å². The highest BCUT2D eigenvalue weighted by Crippen LogP contribution is 2.25. The summed E-state index contributed by atoms with van der Waals surface area (Å²) >= 11 is 6.00. The third-order valence-corrected chi connectivity index (χ3v) is 4.65. The monoisotopic (exact) mass is 348 g/mol. The number of aryl methyl sites for hydroxylation is 1. The van der Waals surface area contributed by atoms with E-state index in [9.17, 15) is 9.90 Å². The molecule has 0 radical (unpaired) electrons. The van der Waals surface area contributed by atoms with Gasteiger partial charge in [-0.3, -0.25) is 4.79 Å². The molecule has 1 fully saturated rings. The summed E-state index contributed by atoms with van der Waals surface area (Å²) in [4.78, 5) is 18.8. The van der Waals surface area contributed by atoms with Gasteiger partial charge in [0.15, 0.2) is 0 Å². The lowest BCUT2D eigenvalue weighted by molar-refractivity contribution is -0.132. The molecule has 0 bridgehead atoms. The van der Waals surface area contributed by atoms with E-state index in [-0.39, 0.29) is 24.9 Å². The maximum absolute atomic E-state index is 12.5. The molecule has 128 valence electrons. The molecule has 1 aromatic carbocycles. The number of aliphatic hydroxyl groups is 1. The summed E-state index contributed by atoms with van der Waals surface area (Å²) in [5.41, 5.74) is 1.45. The van der Waals surface area contributed by atoms with Gasteiger partial charge in [0.2, 0.25) is 11.8 Å². The van der Waals surface area contributed by atoms with Crippen molar-refractivity contribution in [1.82, 2.24) is 9.88 Å². The highest BCUT2D eigenvalue weighted by Gasteiger charge is 2.24. The minimum atomic E-state index is 0.0298. The predicted molar refractivity (Wildman–Crippen MR) is 91.8 cm³/mol. The van der Waals surface area contributed by atoms with E-state index < -0.39 is 0 Å². The smallest absolute Gasteiger partial charge is 0.228 e. The summed E-state index contributed by atoms with van der Waals surface area (Å²) < 4.78 is 5.71. The third kappa shape index (κ3) is 3.79. The van der Waals surface area contributed by atoms with Crippen LogP contribution in [0.5, 0.6) is 0 Å². The molecular weight excluding hydrogens is 328 g/mol. The summed E-state index contributed by atoms with van der Waals surface area (Å²) in [6.45, 7) is 3.31. The average molecular weight is 349 g/mol. The lowest BCUT2D eigenvalue weighted by Gasteiger charge is -2.31. The van der Waals surface area contributed by atoms with Crippen LogP contribution >= 0.6 is 11.6 Å². The molecule has 0 saturated carbocycles. The summed E-state index contributed by atoms with van der Waals surface area (Å²) in [5.74, 6) is 1.34. The molecule has 5 nitrogen and oxygen atoms in total. The zero-order valence-electron chi connectivity index (χ0n) is 13.7. The molecule has 3 rings (SSSR count). The van der Waals surface area contributed by atoms with Crippen molar-refractivity contribution in [3.8, 4) is 11.5 Å². The minimum absolute atomic E-state index is 0.0298. The molecular formula is C18H21ClN2O3.